The maximum absolute atomic E-state index is 14.4. The van der Waals surface area contributed by atoms with E-state index in [0.29, 0.717) is 19.3 Å². The molecule has 52 heavy (non-hydrogen) atoms. The number of hydrogen-bond acceptors (Lipinski definition) is 7. The molecule has 4 unspecified atom stereocenters. The summed E-state index contributed by atoms with van der Waals surface area (Å²) in [6.45, 7) is 8.01. The van der Waals surface area contributed by atoms with E-state index in [1.165, 1.54) is 0 Å². The van der Waals surface area contributed by atoms with Crippen LogP contribution in [0.15, 0.2) is 42.0 Å². The van der Waals surface area contributed by atoms with E-state index in [1.807, 2.05) is 45.9 Å². The second-order valence-electron chi connectivity index (χ2n) is 14.3. The molecular formula is C39H60F2N4O7. The van der Waals surface area contributed by atoms with Gasteiger partial charge in [-0.25, -0.2) is 8.78 Å². The Balaban J connectivity index is 1.96. The van der Waals surface area contributed by atoms with Gasteiger partial charge in [0.2, 0.25) is 17.7 Å². The lowest BCUT2D eigenvalue weighted by atomic mass is 9.93. The van der Waals surface area contributed by atoms with Gasteiger partial charge in [0.15, 0.2) is 6.10 Å². The summed E-state index contributed by atoms with van der Waals surface area (Å²) < 4.78 is 39.4. The molecule has 13 heteroatoms. The van der Waals surface area contributed by atoms with Crippen molar-refractivity contribution in [1.29, 1.82) is 0 Å². The molecule has 0 saturated carbocycles. The van der Waals surface area contributed by atoms with E-state index in [2.05, 4.69) is 21.3 Å². The van der Waals surface area contributed by atoms with Crippen LogP contribution in [-0.2, 0) is 35.1 Å². The third-order valence-corrected chi connectivity index (χ3v) is 8.79. The summed E-state index contributed by atoms with van der Waals surface area (Å²) in [6, 6.07) is 1.32. The van der Waals surface area contributed by atoms with Gasteiger partial charge in [-0.2, -0.15) is 0 Å². The number of methoxy groups -OCH3 is 1. The maximum Gasteiger partial charge on any atom is 0.251 e. The molecule has 292 valence electrons. The lowest BCUT2D eigenvalue weighted by Crippen LogP contribution is -2.54. The average Bonchev–Trinajstić information content (AvgIpc) is 3.11. The Morgan fingerprint density at radius 2 is 1.60 bits per heavy atom. The van der Waals surface area contributed by atoms with Crippen molar-refractivity contribution in [1.82, 2.24) is 21.3 Å². The number of unbranched alkanes of at least 4 members (excludes halogenated alkanes) is 4. The molecule has 0 aliphatic heterocycles. The first-order valence-electron chi connectivity index (χ1n) is 18.5. The first-order valence-corrected chi connectivity index (χ1v) is 18.5. The second-order valence-corrected chi connectivity index (χ2v) is 14.3. The number of halogens is 2. The highest BCUT2D eigenvalue weighted by molar-refractivity contribution is 5.83. The number of hydrogen-bond donors (Lipinski definition) is 5. The first-order chi connectivity index (χ1) is 24.8. The van der Waals surface area contributed by atoms with Crippen molar-refractivity contribution in [2.24, 2.45) is 5.41 Å². The average molecular weight is 735 g/mol. The minimum Gasteiger partial charge on any atom is -0.381 e. The van der Waals surface area contributed by atoms with E-state index in [1.54, 1.807) is 7.11 Å². The van der Waals surface area contributed by atoms with Crippen LogP contribution >= 0.6 is 0 Å². The predicted molar refractivity (Wildman–Crippen MR) is 196 cm³/mol. The van der Waals surface area contributed by atoms with Crippen molar-refractivity contribution in [3.63, 3.8) is 0 Å². The van der Waals surface area contributed by atoms with Gasteiger partial charge in [-0.3, -0.25) is 19.2 Å². The number of carbonyl (C=O) groups is 4. The third-order valence-electron chi connectivity index (χ3n) is 8.79. The van der Waals surface area contributed by atoms with Crippen LogP contribution in [0, 0.1) is 17.0 Å². The summed E-state index contributed by atoms with van der Waals surface area (Å²) >= 11 is 0. The molecule has 1 aliphatic rings. The molecule has 11 nitrogen and oxygen atoms in total. The minimum absolute atomic E-state index is 0.00409. The molecule has 0 bridgehead atoms. The molecule has 0 aromatic heterocycles. The number of ether oxygens (including phenoxy) is 2. The summed E-state index contributed by atoms with van der Waals surface area (Å²) in [5.74, 6) is -2.92. The molecule has 0 heterocycles. The molecule has 0 fully saturated rings. The molecule has 4 atom stereocenters. The summed E-state index contributed by atoms with van der Waals surface area (Å²) in [5, 5.41) is 22.1. The summed E-state index contributed by atoms with van der Waals surface area (Å²) in [5.41, 5.74) is 0.302. The molecular weight excluding hydrogens is 674 g/mol. The van der Waals surface area contributed by atoms with Crippen LogP contribution in [-0.4, -0.2) is 86.4 Å². The largest absolute Gasteiger partial charge is 0.381 e. The standard InChI is InChI=1S/C39H60F2N4O7/c1-6-8-10-12-34(46)44-30(21-28-20-29(40)16-19-32(28)41)22-36(48)42-25-39(3,4)26-43-38(50)37(49)33(45-35(47)13-11-9-7-2)24-52-23-27-14-17-31(51-5)18-15-27/h14-17,19-20,30-31,33,37,49H,6-13,18,21-26H2,1-5H3,(H,42,48)(H,43,50)(H,44,46)(H,45,47). The summed E-state index contributed by atoms with van der Waals surface area (Å²) in [6.07, 6.45) is 10.2. The molecule has 0 radical (unpaired) electrons. The zero-order valence-corrected chi connectivity index (χ0v) is 31.5. The van der Waals surface area contributed by atoms with Gasteiger partial charge in [-0.15, -0.1) is 0 Å². The molecule has 0 saturated heterocycles. The molecule has 5 N–H and O–H groups in total. The van der Waals surface area contributed by atoms with Crippen molar-refractivity contribution in [3.8, 4) is 0 Å². The van der Waals surface area contributed by atoms with Crippen molar-refractivity contribution in [2.45, 2.75) is 123 Å². The number of aliphatic hydroxyl groups is 1. The van der Waals surface area contributed by atoms with Crippen LogP contribution in [0.2, 0.25) is 0 Å². The Bertz CT molecular complexity index is 1350. The fourth-order valence-corrected chi connectivity index (χ4v) is 5.54. The van der Waals surface area contributed by atoms with Gasteiger partial charge in [-0.05, 0) is 60.4 Å². The Kier molecular flexibility index (Phi) is 20.4. The zero-order valence-electron chi connectivity index (χ0n) is 31.5. The van der Waals surface area contributed by atoms with Crippen LogP contribution in [0.3, 0.4) is 0 Å². The SMILES string of the molecule is CCCCCC(=O)NC(CC(=O)NCC(C)(C)CNC(=O)C(O)C(COCC1=CCC(OC)C=C1)NC(=O)CCCCC)Cc1cc(F)ccc1F. The predicted octanol–water partition coefficient (Wildman–Crippen LogP) is 4.57. The fourth-order valence-electron chi connectivity index (χ4n) is 5.54. The second kappa shape index (κ2) is 23.8. The summed E-state index contributed by atoms with van der Waals surface area (Å²) in [7, 11) is 1.64. The smallest absolute Gasteiger partial charge is 0.251 e. The lowest BCUT2D eigenvalue weighted by Gasteiger charge is -2.28. The van der Waals surface area contributed by atoms with E-state index in [9.17, 15) is 33.1 Å². The highest BCUT2D eigenvalue weighted by Gasteiger charge is 2.30. The van der Waals surface area contributed by atoms with Crippen molar-refractivity contribution in [2.75, 3.05) is 33.4 Å². The van der Waals surface area contributed by atoms with Gasteiger partial charge in [0.25, 0.3) is 5.91 Å². The Morgan fingerprint density at radius 3 is 2.21 bits per heavy atom. The molecule has 2 rings (SSSR count). The van der Waals surface area contributed by atoms with E-state index >= 15 is 0 Å². The topological polar surface area (TPSA) is 155 Å². The van der Waals surface area contributed by atoms with Crippen molar-refractivity contribution < 1.29 is 42.5 Å². The lowest BCUT2D eigenvalue weighted by molar-refractivity contribution is -0.134. The normalized spacial score (nSPS) is 16.0. The third kappa shape index (κ3) is 17.7. The van der Waals surface area contributed by atoms with Crippen LogP contribution in [0.1, 0.15) is 97.5 Å². The van der Waals surface area contributed by atoms with Crippen LogP contribution in [0.5, 0.6) is 0 Å². The number of benzene rings is 1. The Hall–Kier alpha value is -3.68. The molecule has 1 aromatic rings. The van der Waals surface area contributed by atoms with Crippen molar-refractivity contribution in [3.05, 3.63) is 59.2 Å². The van der Waals surface area contributed by atoms with Gasteiger partial charge >= 0.3 is 0 Å². The van der Waals surface area contributed by atoms with Crippen LogP contribution < -0.4 is 21.3 Å². The number of aliphatic hydroxyl groups excluding tert-OH is 1. The van der Waals surface area contributed by atoms with Gasteiger partial charge in [-0.1, -0.05) is 71.6 Å². The van der Waals surface area contributed by atoms with Crippen LogP contribution in [0.25, 0.3) is 0 Å². The first kappa shape index (κ1) is 44.5. The number of rotatable bonds is 25. The Labute approximate surface area is 307 Å². The maximum atomic E-state index is 14.4. The molecule has 1 aliphatic carbocycles. The fraction of sp³-hybridized carbons (Fsp3) is 0.641. The van der Waals surface area contributed by atoms with E-state index in [0.717, 1.165) is 49.5 Å². The van der Waals surface area contributed by atoms with E-state index in [-0.39, 0.29) is 75.5 Å². The number of carbonyl (C=O) groups excluding carboxylic acids is 4. The zero-order chi connectivity index (χ0) is 38.5. The molecule has 0 spiro atoms. The monoisotopic (exact) mass is 734 g/mol. The van der Waals surface area contributed by atoms with E-state index in [4.69, 9.17) is 9.47 Å². The minimum atomic E-state index is -1.60. The van der Waals surface area contributed by atoms with Gasteiger partial charge in [0.05, 0.1) is 25.4 Å². The van der Waals surface area contributed by atoms with Crippen LogP contribution in [0.4, 0.5) is 8.78 Å². The van der Waals surface area contributed by atoms with E-state index < -0.39 is 47.1 Å². The van der Waals surface area contributed by atoms with Gasteiger partial charge in [0, 0.05) is 45.5 Å². The van der Waals surface area contributed by atoms with Gasteiger partial charge in [0.1, 0.15) is 11.6 Å². The molecule has 1 aromatic carbocycles. The quantitative estimate of drug-likeness (QED) is 0.0923. The highest BCUT2D eigenvalue weighted by atomic mass is 19.1. The van der Waals surface area contributed by atoms with Crippen molar-refractivity contribution >= 4 is 23.6 Å². The number of nitrogens with one attached hydrogen (secondary N) is 4. The number of amides is 4. The van der Waals surface area contributed by atoms with Gasteiger partial charge < -0.3 is 35.8 Å². The highest BCUT2D eigenvalue weighted by Crippen LogP contribution is 2.17. The molecule has 4 amide bonds. The summed E-state index contributed by atoms with van der Waals surface area (Å²) in [4.78, 5) is 51.4. The Morgan fingerprint density at radius 1 is 0.942 bits per heavy atom.